The number of amides is 3. The summed E-state index contributed by atoms with van der Waals surface area (Å²) >= 11 is 0. The van der Waals surface area contributed by atoms with E-state index in [-0.39, 0.29) is 12.5 Å². The average Bonchev–Trinajstić information content (AvgIpc) is 2.31. The highest BCUT2D eigenvalue weighted by molar-refractivity contribution is 5.91. The van der Waals surface area contributed by atoms with Gasteiger partial charge in [-0.1, -0.05) is 18.2 Å². The molecule has 6 heteroatoms. The highest BCUT2D eigenvalue weighted by Gasteiger charge is 2.07. The highest BCUT2D eigenvalue weighted by Crippen LogP contribution is 2.15. The molecule has 0 radical (unpaired) electrons. The zero-order chi connectivity index (χ0) is 13.4. The zero-order valence-electron chi connectivity index (χ0n) is 10.2. The lowest BCUT2D eigenvalue weighted by atomic mass is 10.1. The number of primary amides is 1. The molecular formula is C12H17N3O3. The van der Waals surface area contributed by atoms with Crippen LogP contribution in [-0.2, 0) is 16.0 Å². The molecule has 0 fully saturated rings. The second-order valence-corrected chi connectivity index (χ2v) is 3.67. The first-order valence-corrected chi connectivity index (χ1v) is 5.53. The normalized spacial score (nSPS) is 9.83. The predicted octanol–water partition coefficient (Wildman–Crippen LogP) is 0.482. The first kappa shape index (κ1) is 14.0. The van der Waals surface area contributed by atoms with E-state index in [1.165, 1.54) is 0 Å². The molecule has 1 aromatic rings. The van der Waals surface area contributed by atoms with E-state index < -0.39 is 5.91 Å². The lowest BCUT2D eigenvalue weighted by molar-refractivity contribution is -0.117. The minimum atomic E-state index is -0.441. The number of benzene rings is 1. The van der Waals surface area contributed by atoms with Crippen molar-refractivity contribution in [3.8, 4) is 0 Å². The van der Waals surface area contributed by atoms with Crippen LogP contribution in [0.3, 0.4) is 0 Å². The summed E-state index contributed by atoms with van der Waals surface area (Å²) in [5, 5.41) is 5.28. The first-order valence-electron chi connectivity index (χ1n) is 5.53. The van der Waals surface area contributed by atoms with Gasteiger partial charge in [0.1, 0.15) is 0 Å². The van der Waals surface area contributed by atoms with Crippen molar-refractivity contribution in [3.63, 3.8) is 0 Å². The van der Waals surface area contributed by atoms with Crippen LogP contribution in [0.1, 0.15) is 5.56 Å². The lowest BCUT2D eigenvalue weighted by Crippen LogP contribution is -2.31. The number of nitrogens with two attached hydrogens (primary N) is 1. The van der Waals surface area contributed by atoms with Crippen molar-refractivity contribution in [2.75, 3.05) is 25.6 Å². The van der Waals surface area contributed by atoms with Gasteiger partial charge < -0.3 is 21.1 Å². The van der Waals surface area contributed by atoms with Crippen LogP contribution >= 0.6 is 0 Å². The van der Waals surface area contributed by atoms with Gasteiger partial charge >= 0.3 is 6.03 Å². The van der Waals surface area contributed by atoms with Gasteiger partial charge in [-0.2, -0.15) is 0 Å². The molecule has 3 amide bonds. The number of anilines is 1. The second kappa shape index (κ2) is 7.29. The molecule has 4 N–H and O–H groups in total. The molecule has 0 aliphatic carbocycles. The Morgan fingerprint density at radius 2 is 2.06 bits per heavy atom. The van der Waals surface area contributed by atoms with Crippen LogP contribution in [0.2, 0.25) is 0 Å². The summed E-state index contributed by atoms with van der Waals surface area (Å²) in [7, 11) is 1.56. The summed E-state index contributed by atoms with van der Waals surface area (Å²) in [5.74, 6) is -0.441. The summed E-state index contributed by atoms with van der Waals surface area (Å²) in [6.07, 6.45) is 0.0918. The second-order valence-electron chi connectivity index (χ2n) is 3.67. The van der Waals surface area contributed by atoms with Crippen LogP contribution in [0.25, 0.3) is 0 Å². The number of rotatable bonds is 6. The number of carbonyl (C=O) groups is 2. The fourth-order valence-corrected chi connectivity index (χ4v) is 1.42. The molecule has 98 valence electrons. The van der Waals surface area contributed by atoms with Crippen LogP contribution in [0.5, 0.6) is 0 Å². The number of para-hydroxylation sites is 1. The van der Waals surface area contributed by atoms with Crippen LogP contribution in [0.4, 0.5) is 10.5 Å². The van der Waals surface area contributed by atoms with Crippen molar-refractivity contribution >= 4 is 17.6 Å². The SMILES string of the molecule is COCCNC(=O)Nc1ccccc1CC(N)=O. The number of methoxy groups -OCH3 is 1. The summed E-state index contributed by atoms with van der Waals surface area (Å²) in [6, 6.07) is 6.68. The maximum atomic E-state index is 11.5. The van der Waals surface area contributed by atoms with E-state index in [9.17, 15) is 9.59 Å². The van der Waals surface area contributed by atoms with Crippen LogP contribution in [-0.4, -0.2) is 32.2 Å². The van der Waals surface area contributed by atoms with E-state index in [1.54, 1.807) is 31.4 Å². The van der Waals surface area contributed by atoms with Gasteiger partial charge in [-0.3, -0.25) is 4.79 Å². The van der Waals surface area contributed by atoms with E-state index in [2.05, 4.69) is 10.6 Å². The minimum absolute atomic E-state index is 0.0918. The monoisotopic (exact) mass is 251 g/mol. The quantitative estimate of drug-likeness (QED) is 0.642. The Labute approximate surface area is 105 Å². The Bertz CT molecular complexity index is 421. The predicted molar refractivity (Wildman–Crippen MR) is 68.2 cm³/mol. The lowest BCUT2D eigenvalue weighted by Gasteiger charge is -2.10. The first-order chi connectivity index (χ1) is 8.63. The third kappa shape index (κ3) is 4.84. The number of ether oxygens (including phenoxy) is 1. The number of carbonyl (C=O) groups excluding carboxylic acids is 2. The van der Waals surface area contributed by atoms with Gasteiger partial charge in [-0.05, 0) is 11.6 Å². The summed E-state index contributed by atoms with van der Waals surface area (Å²) in [4.78, 5) is 22.4. The molecule has 0 atom stereocenters. The van der Waals surface area contributed by atoms with Gasteiger partial charge in [0.2, 0.25) is 5.91 Å². The van der Waals surface area contributed by atoms with Crippen molar-refractivity contribution < 1.29 is 14.3 Å². The van der Waals surface area contributed by atoms with Gasteiger partial charge in [-0.25, -0.2) is 4.79 Å². The molecule has 0 saturated heterocycles. The van der Waals surface area contributed by atoms with Crippen molar-refractivity contribution in [3.05, 3.63) is 29.8 Å². The molecule has 0 spiro atoms. The molecule has 1 rings (SSSR count). The van der Waals surface area contributed by atoms with E-state index in [1.807, 2.05) is 0 Å². The zero-order valence-corrected chi connectivity index (χ0v) is 10.2. The Balaban J connectivity index is 2.60. The van der Waals surface area contributed by atoms with Gasteiger partial charge in [0.15, 0.2) is 0 Å². The van der Waals surface area contributed by atoms with Gasteiger partial charge in [0.05, 0.1) is 13.0 Å². The third-order valence-corrected chi connectivity index (χ3v) is 2.22. The Kier molecular flexibility index (Phi) is 5.66. The van der Waals surface area contributed by atoms with Gasteiger partial charge in [-0.15, -0.1) is 0 Å². The van der Waals surface area contributed by atoms with Crippen molar-refractivity contribution in [2.45, 2.75) is 6.42 Å². The van der Waals surface area contributed by atoms with Gasteiger partial charge in [0, 0.05) is 19.3 Å². The maximum Gasteiger partial charge on any atom is 0.319 e. The summed E-state index contributed by atoms with van der Waals surface area (Å²) < 4.78 is 4.82. The molecule has 0 aliphatic rings. The van der Waals surface area contributed by atoms with Crippen LogP contribution < -0.4 is 16.4 Å². The average molecular weight is 251 g/mol. The molecular weight excluding hydrogens is 234 g/mol. The Hall–Kier alpha value is -2.08. The molecule has 0 heterocycles. The van der Waals surface area contributed by atoms with E-state index in [0.29, 0.717) is 24.4 Å². The van der Waals surface area contributed by atoms with Crippen molar-refractivity contribution in [1.29, 1.82) is 0 Å². The summed E-state index contributed by atoms with van der Waals surface area (Å²) in [5.41, 5.74) is 6.40. The molecule has 0 aromatic heterocycles. The standard InChI is InChI=1S/C12H17N3O3/c1-18-7-6-14-12(17)15-10-5-3-2-4-9(10)8-11(13)16/h2-5H,6-8H2,1H3,(H2,13,16)(H2,14,15,17). The van der Waals surface area contributed by atoms with Crippen molar-refractivity contribution in [1.82, 2.24) is 5.32 Å². The molecule has 0 saturated carbocycles. The molecule has 18 heavy (non-hydrogen) atoms. The molecule has 0 unspecified atom stereocenters. The number of hydrogen-bond acceptors (Lipinski definition) is 3. The smallest absolute Gasteiger partial charge is 0.319 e. The fourth-order valence-electron chi connectivity index (χ4n) is 1.42. The van der Waals surface area contributed by atoms with E-state index in [4.69, 9.17) is 10.5 Å². The fraction of sp³-hybridized carbons (Fsp3) is 0.333. The van der Waals surface area contributed by atoms with Gasteiger partial charge in [0.25, 0.3) is 0 Å². The molecule has 0 bridgehead atoms. The van der Waals surface area contributed by atoms with Crippen LogP contribution in [0.15, 0.2) is 24.3 Å². The molecule has 0 aliphatic heterocycles. The molecule has 1 aromatic carbocycles. The largest absolute Gasteiger partial charge is 0.383 e. The number of urea groups is 1. The Morgan fingerprint density at radius 1 is 1.33 bits per heavy atom. The van der Waals surface area contributed by atoms with E-state index in [0.717, 1.165) is 0 Å². The minimum Gasteiger partial charge on any atom is -0.383 e. The topological polar surface area (TPSA) is 93.4 Å². The number of hydrogen-bond donors (Lipinski definition) is 3. The Morgan fingerprint density at radius 3 is 2.72 bits per heavy atom. The third-order valence-electron chi connectivity index (χ3n) is 2.22. The van der Waals surface area contributed by atoms with E-state index >= 15 is 0 Å². The molecule has 6 nitrogen and oxygen atoms in total. The summed E-state index contributed by atoms with van der Waals surface area (Å²) in [6.45, 7) is 0.858. The van der Waals surface area contributed by atoms with Crippen LogP contribution in [0, 0.1) is 0 Å². The maximum absolute atomic E-state index is 11.5. The van der Waals surface area contributed by atoms with Crippen molar-refractivity contribution in [2.24, 2.45) is 5.73 Å². The number of nitrogens with one attached hydrogen (secondary N) is 2. The highest BCUT2D eigenvalue weighted by atomic mass is 16.5.